The summed E-state index contributed by atoms with van der Waals surface area (Å²) >= 11 is 0. The fraction of sp³-hybridized carbons (Fsp3) is 0.556. The Morgan fingerprint density at radius 2 is 1.92 bits per heavy atom. The molecule has 1 aromatic carbocycles. The number of likely N-dealkylation sites (tertiary alicyclic amines) is 1. The van der Waals surface area contributed by atoms with Gasteiger partial charge in [-0.2, -0.15) is 0 Å². The second kappa shape index (κ2) is 6.87. The van der Waals surface area contributed by atoms with E-state index in [0.717, 1.165) is 25.0 Å². The largest absolute Gasteiger partial charge is 0.481 e. The number of aliphatic carboxylic acids is 1. The van der Waals surface area contributed by atoms with Crippen molar-refractivity contribution in [2.75, 3.05) is 13.1 Å². The molecule has 24 heavy (non-hydrogen) atoms. The molecule has 1 amide bonds. The number of carboxylic acid groups (broad SMARTS) is 1. The van der Waals surface area contributed by atoms with E-state index in [9.17, 15) is 23.5 Å². The number of carbonyl (C=O) groups excluding carboxylic acids is 1. The van der Waals surface area contributed by atoms with Gasteiger partial charge in [0.2, 0.25) is 5.91 Å². The lowest BCUT2D eigenvalue weighted by molar-refractivity contribution is -0.142. The Kier molecular flexibility index (Phi) is 4.83. The minimum absolute atomic E-state index is 0.0491. The van der Waals surface area contributed by atoms with E-state index in [1.165, 1.54) is 6.07 Å². The molecule has 1 aliphatic carbocycles. The fourth-order valence-electron chi connectivity index (χ4n) is 3.59. The van der Waals surface area contributed by atoms with Gasteiger partial charge < -0.3 is 10.0 Å². The van der Waals surface area contributed by atoms with Gasteiger partial charge in [-0.25, -0.2) is 8.78 Å². The first kappa shape index (κ1) is 16.9. The number of rotatable bonds is 6. The number of carbonyl (C=O) groups is 2. The Labute approximate surface area is 139 Å². The molecule has 2 aliphatic rings. The summed E-state index contributed by atoms with van der Waals surface area (Å²) in [6, 6.07) is 3.76. The van der Waals surface area contributed by atoms with Crippen LogP contribution in [-0.2, 0) is 16.0 Å². The minimum Gasteiger partial charge on any atom is -0.481 e. The molecule has 3 rings (SSSR count). The normalized spacial score (nSPS) is 23.5. The third kappa shape index (κ3) is 3.74. The number of benzene rings is 1. The van der Waals surface area contributed by atoms with Gasteiger partial charge in [0.25, 0.3) is 0 Å². The second-order valence-corrected chi connectivity index (χ2v) is 6.85. The van der Waals surface area contributed by atoms with Crippen LogP contribution in [0.1, 0.15) is 31.2 Å². The summed E-state index contributed by atoms with van der Waals surface area (Å²) in [5.74, 6) is -2.54. The van der Waals surface area contributed by atoms with Crippen molar-refractivity contribution in [2.24, 2.45) is 17.8 Å². The van der Waals surface area contributed by atoms with Crippen molar-refractivity contribution in [3.8, 4) is 0 Å². The van der Waals surface area contributed by atoms with Gasteiger partial charge in [-0.1, -0.05) is 6.07 Å². The summed E-state index contributed by atoms with van der Waals surface area (Å²) in [5.41, 5.74) is 0.655. The van der Waals surface area contributed by atoms with Crippen LogP contribution in [0.2, 0.25) is 0 Å². The van der Waals surface area contributed by atoms with Crippen LogP contribution in [0.4, 0.5) is 8.78 Å². The first-order chi connectivity index (χ1) is 11.5. The van der Waals surface area contributed by atoms with Gasteiger partial charge in [0, 0.05) is 19.5 Å². The molecule has 0 bridgehead atoms. The number of amides is 1. The molecule has 0 spiro atoms. The summed E-state index contributed by atoms with van der Waals surface area (Å²) < 4.78 is 26.0. The van der Waals surface area contributed by atoms with Crippen LogP contribution in [0.25, 0.3) is 0 Å². The van der Waals surface area contributed by atoms with E-state index in [4.69, 9.17) is 0 Å². The Balaban J connectivity index is 1.50. The first-order valence-electron chi connectivity index (χ1n) is 8.40. The van der Waals surface area contributed by atoms with Gasteiger partial charge in [0.15, 0.2) is 11.6 Å². The first-order valence-corrected chi connectivity index (χ1v) is 8.40. The van der Waals surface area contributed by atoms with Gasteiger partial charge >= 0.3 is 5.97 Å². The standard InChI is InChI=1S/C18H21F2NO3/c19-15-7-4-11(8-16(15)20)2-1-3-17(22)21-9-13(12-5-6-12)14(10-21)18(23)24/h4,7-8,12-14H,1-3,5-6,9-10H2,(H,23,24)/t13-,14+/m1/s1. The fourth-order valence-corrected chi connectivity index (χ4v) is 3.59. The van der Waals surface area contributed by atoms with Gasteiger partial charge in [-0.3, -0.25) is 9.59 Å². The lowest BCUT2D eigenvalue weighted by Gasteiger charge is -2.16. The summed E-state index contributed by atoms with van der Waals surface area (Å²) in [5, 5.41) is 9.33. The minimum atomic E-state index is -0.880. The lowest BCUT2D eigenvalue weighted by Crippen LogP contribution is -2.29. The highest BCUT2D eigenvalue weighted by atomic mass is 19.2. The highest BCUT2D eigenvalue weighted by Gasteiger charge is 2.46. The molecule has 1 heterocycles. The monoisotopic (exact) mass is 337 g/mol. The summed E-state index contributed by atoms with van der Waals surface area (Å²) in [6.45, 7) is 0.826. The number of hydrogen-bond donors (Lipinski definition) is 1. The van der Waals surface area contributed by atoms with Crippen molar-refractivity contribution >= 4 is 11.9 Å². The molecule has 0 unspecified atom stereocenters. The van der Waals surface area contributed by atoms with E-state index in [1.54, 1.807) is 4.90 Å². The molecular weight excluding hydrogens is 316 g/mol. The Morgan fingerprint density at radius 1 is 1.17 bits per heavy atom. The van der Waals surface area contributed by atoms with E-state index < -0.39 is 23.5 Å². The maximum Gasteiger partial charge on any atom is 0.308 e. The van der Waals surface area contributed by atoms with Crippen molar-refractivity contribution in [1.29, 1.82) is 0 Å². The summed E-state index contributed by atoms with van der Waals surface area (Å²) in [7, 11) is 0. The number of hydrogen-bond acceptors (Lipinski definition) is 2. The van der Waals surface area contributed by atoms with Gasteiger partial charge in [0.1, 0.15) is 0 Å². The van der Waals surface area contributed by atoms with Crippen molar-refractivity contribution in [2.45, 2.75) is 32.1 Å². The predicted octanol–water partition coefficient (Wildman–Crippen LogP) is 2.86. The van der Waals surface area contributed by atoms with Gasteiger partial charge in [0.05, 0.1) is 5.92 Å². The average Bonchev–Trinajstić information content (AvgIpc) is 3.28. The summed E-state index contributed by atoms with van der Waals surface area (Å²) in [4.78, 5) is 25.3. The van der Waals surface area contributed by atoms with Crippen molar-refractivity contribution in [3.63, 3.8) is 0 Å². The highest BCUT2D eigenvalue weighted by Crippen LogP contribution is 2.44. The van der Waals surface area contributed by atoms with Crippen LogP contribution in [0, 0.1) is 29.4 Å². The van der Waals surface area contributed by atoms with Crippen LogP contribution in [0.5, 0.6) is 0 Å². The molecule has 2 atom stereocenters. The van der Waals surface area contributed by atoms with Crippen LogP contribution >= 0.6 is 0 Å². The molecule has 1 aliphatic heterocycles. The molecule has 1 saturated heterocycles. The molecule has 1 saturated carbocycles. The SMILES string of the molecule is O=C(O)[C@H]1CN(C(=O)CCCc2ccc(F)c(F)c2)C[C@@H]1C1CC1. The van der Waals surface area contributed by atoms with Crippen LogP contribution in [-0.4, -0.2) is 35.0 Å². The molecular formula is C18H21F2NO3. The molecule has 0 radical (unpaired) electrons. The number of halogens is 2. The zero-order valence-corrected chi connectivity index (χ0v) is 13.4. The van der Waals surface area contributed by atoms with Crippen molar-refractivity contribution in [3.05, 3.63) is 35.4 Å². The maximum absolute atomic E-state index is 13.1. The topological polar surface area (TPSA) is 57.6 Å². The Morgan fingerprint density at radius 3 is 2.54 bits per heavy atom. The van der Waals surface area contributed by atoms with E-state index in [1.807, 2.05) is 0 Å². The molecule has 2 fully saturated rings. The van der Waals surface area contributed by atoms with Gasteiger partial charge in [-0.15, -0.1) is 0 Å². The second-order valence-electron chi connectivity index (χ2n) is 6.85. The molecule has 130 valence electrons. The quantitative estimate of drug-likeness (QED) is 0.868. The Hall–Kier alpha value is -1.98. The van der Waals surface area contributed by atoms with E-state index in [-0.39, 0.29) is 11.8 Å². The lowest BCUT2D eigenvalue weighted by atomic mass is 9.92. The smallest absolute Gasteiger partial charge is 0.308 e. The average molecular weight is 337 g/mol. The van der Waals surface area contributed by atoms with E-state index >= 15 is 0 Å². The van der Waals surface area contributed by atoms with E-state index in [0.29, 0.717) is 43.8 Å². The number of aryl methyl sites for hydroxylation is 1. The van der Waals surface area contributed by atoms with Crippen LogP contribution in [0.15, 0.2) is 18.2 Å². The zero-order chi connectivity index (χ0) is 17.3. The Bertz CT molecular complexity index is 645. The number of nitrogens with zero attached hydrogens (tertiary/aromatic N) is 1. The predicted molar refractivity (Wildman–Crippen MR) is 83.2 cm³/mol. The van der Waals surface area contributed by atoms with Gasteiger partial charge in [-0.05, 0) is 55.2 Å². The summed E-state index contributed by atoms with van der Waals surface area (Å²) in [6.07, 6.45) is 3.44. The molecule has 4 nitrogen and oxygen atoms in total. The third-order valence-corrected chi connectivity index (χ3v) is 5.10. The van der Waals surface area contributed by atoms with Crippen LogP contribution < -0.4 is 0 Å². The molecule has 0 aromatic heterocycles. The maximum atomic E-state index is 13.1. The zero-order valence-electron chi connectivity index (χ0n) is 13.4. The highest BCUT2D eigenvalue weighted by molar-refractivity contribution is 5.79. The van der Waals surface area contributed by atoms with E-state index in [2.05, 4.69) is 0 Å². The van der Waals surface area contributed by atoms with Crippen LogP contribution in [0.3, 0.4) is 0 Å². The molecule has 6 heteroatoms. The molecule has 1 aromatic rings. The van der Waals surface area contributed by atoms with Crippen molar-refractivity contribution < 1.29 is 23.5 Å². The third-order valence-electron chi connectivity index (χ3n) is 5.10. The molecule has 1 N–H and O–H groups in total. The van der Waals surface area contributed by atoms with Crippen molar-refractivity contribution in [1.82, 2.24) is 4.90 Å². The number of carboxylic acids is 1.